The maximum atomic E-state index is 12.9. The predicted molar refractivity (Wildman–Crippen MR) is 95.4 cm³/mol. The van der Waals surface area contributed by atoms with E-state index < -0.39 is 17.9 Å². The predicted octanol–water partition coefficient (Wildman–Crippen LogP) is 2.66. The van der Waals surface area contributed by atoms with Crippen molar-refractivity contribution in [2.24, 2.45) is 0 Å². The normalized spacial score (nSPS) is 11.3. The van der Waals surface area contributed by atoms with Crippen LogP contribution in [0.25, 0.3) is 27.9 Å². The van der Waals surface area contributed by atoms with Gasteiger partial charge in [-0.1, -0.05) is 17.7 Å². The van der Waals surface area contributed by atoms with Crippen LogP contribution in [0.15, 0.2) is 56.5 Å². The molecule has 0 saturated carbocycles. The van der Waals surface area contributed by atoms with Crippen LogP contribution in [0.5, 0.6) is 0 Å². The van der Waals surface area contributed by atoms with E-state index in [0.717, 1.165) is 0 Å². The summed E-state index contributed by atoms with van der Waals surface area (Å²) in [6.45, 7) is 0. The standard InChI is InChI=1S/C18H11ClN2O5/c19-9-4-6-10(7-5-9)21-18(25)16-13(8-14(23)24)26-12-3-1-2-11(22)15(12)17(16)20-21/h1-7,20H,8H2,(H,23,24). The summed E-state index contributed by atoms with van der Waals surface area (Å²) in [7, 11) is 0. The van der Waals surface area contributed by atoms with E-state index in [2.05, 4.69) is 5.10 Å². The van der Waals surface area contributed by atoms with Crippen molar-refractivity contribution in [2.75, 3.05) is 0 Å². The van der Waals surface area contributed by atoms with Gasteiger partial charge in [0.2, 0.25) is 0 Å². The molecule has 8 heteroatoms. The molecule has 130 valence electrons. The third kappa shape index (κ3) is 2.49. The molecule has 4 rings (SSSR count). The number of halogens is 1. The summed E-state index contributed by atoms with van der Waals surface area (Å²) in [6.07, 6.45) is -0.483. The number of H-pyrrole nitrogens is 1. The van der Waals surface area contributed by atoms with E-state index in [9.17, 15) is 14.4 Å². The molecule has 0 spiro atoms. The lowest BCUT2D eigenvalue weighted by Crippen LogP contribution is -2.15. The summed E-state index contributed by atoms with van der Waals surface area (Å²) >= 11 is 5.88. The highest BCUT2D eigenvalue weighted by Crippen LogP contribution is 2.29. The fraction of sp³-hybridized carbons (Fsp3) is 0.0556. The van der Waals surface area contributed by atoms with Crippen molar-refractivity contribution >= 4 is 28.5 Å². The highest BCUT2D eigenvalue weighted by Gasteiger charge is 2.24. The second kappa shape index (κ2) is 5.89. The Morgan fingerprint density at radius 2 is 1.88 bits per heavy atom. The van der Waals surface area contributed by atoms with Gasteiger partial charge in [0.25, 0.3) is 5.56 Å². The number of rotatable bonds is 3. The van der Waals surface area contributed by atoms with Gasteiger partial charge in [-0.05, 0) is 36.4 Å². The molecule has 1 aromatic heterocycles. The maximum absolute atomic E-state index is 12.9. The van der Waals surface area contributed by atoms with Gasteiger partial charge in [-0.15, -0.1) is 0 Å². The third-order valence-corrected chi connectivity index (χ3v) is 4.29. The van der Waals surface area contributed by atoms with Crippen LogP contribution < -0.4 is 11.0 Å². The summed E-state index contributed by atoms with van der Waals surface area (Å²) in [6, 6.07) is 10.9. The number of fused-ring (bicyclic) bond motifs is 3. The van der Waals surface area contributed by atoms with Crippen LogP contribution in [0, 0.1) is 0 Å². The van der Waals surface area contributed by atoms with E-state index in [1.807, 2.05) is 0 Å². The van der Waals surface area contributed by atoms with Crippen molar-refractivity contribution < 1.29 is 14.3 Å². The van der Waals surface area contributed by atoms with Gasteiger partial charge in [0.15, 0.2) is 5.43 Å². The summed E-state index contributed by atoms with van der Waals surface area (Å²) in [5.41, 5.74) is 0.0954. The second-order valence-electron chi connectivity index (χ2n) is 5.70. The zero-order valence-electron chi connectivity index (χ0n) is 13.2. The number of hydrogen-bond acceptors (Lipinski definition) is 4. The zero-order chi connectivity index (χ0) is 18.4. The molecule has 1 aliphatic heterocycles. The topological polar surface area (TPSA) is 105 Å². The summed E-state index contributed by atoms with van der Waals surface area (Å²) in [4.78, 5) is 36.4. The second-order valence-corrected chi connectivity index (χ2v) is 6.14. The molecule has 2 aliphatic rings. The number of carboxylic acid groups (broad SMARTS) is 1. The van der Waals surface area contributed by atoms with Gasteiger partial charge >= 0.3 is 5.97 Å². The van der Waals surface area contributed by atoms with Gasteiger partial charge in [-0.2, -0.15) is 0 Å². The molecular weight excluding hydrogens is 360 g/mol. The number of aromatic nitrogens is 2. The van der Waals surface area contributed by atoms with Crippen molar-refractivity contribution in [3.63, 3.8) is 0 Å². The first kappa shape index (κ1) is 16.2. The van der Waals surface area contributed by atoms with Gasteiger partial charge < -0.3 is 9.52 Å². The fourth-order valence-electron chi connectivity index (χ4n) is 2.94. The van der Waals surface area contributed by atoms with E-state index in [4.69, 9.17) is 21.1 Å². The molecule has 1 aliphatic carbocycles. The number of hydrogen-bond donors (Lipinski definition) is 2. The molecule has 0 bridgehead atoms. The highest BCUT2D eigenvalue weighted by molar-refractivity contribution is 6.30. The Hall–Kier alpha value is -3.32. The molecule has 2 heterocycles. The molecule has 0 saturated heterocycles. The lowest BCUT2D eigenvalue weighted by atomic mass is 10.1. The van der Waals surface area contributed by atoms with Crippen molar-refractivity contribution in [2.45, 2.75) is 6.42 Å². The van der Waals surface area contributed by atoms with Gasteiger partial charge in [0.1, 0.15) is 23.3 Å². The number of nitrogens with zero attached hydrogens (tertiary/aromatic N) is 1. The molecule has 0 radical (unpaired) electrons. The molecule has 2 N–H and O–H groups in total. The van der Waals surface area contributed by atoms with Gasteiger partial charge in [0.05, 0.1) is 16.8 Å². The first-order valence-corrected chi connectivity index (χ1v) is 8.00. The van der Waals surface area contributed by atoms with Crippen LogP contribution in [0.4, 0.5) is 0 Å². The molecular formula is C18H11ClN2O5. The Morgan fingerprint density at radius 1 is 1.15 bits per heavy atom. The van der Waals surface area contributed by atoms with E-state index >= 15 is 0 Å². The summed E-state index contributed by atoms with van der Waals surface area (Å²) in [5, 5.41) is 12.6. The number of aliphatic carboxylic acids is 1. The Morgan fingerprint density at radius 3 is 2.58 bits per heavy atom. The minimum Gasteiger partial charge on any atom is -0.481 e. The van der Waals surface area contributed by atoms with Crippen LogP contribution >= 0.6 is 11.6 Å². The average molecular weight is 371 g/mol. The Labute approximate surface area is 150 Å². The molecule has 0 fully saturated rings. The van der Waals surface area contributed by atoms with Gasteiger partial charge in [-0.3, -0.25) is 19.5 Å². The number of carboxylic acids is 1. The van der Waals surface area contributed by atoms with Crippen molar-refractivity contribution in [3.05, 3.63) is 73.8 Å². The van der Waals surface area contributed by atoms with E-state index in [1.54, 1.807) is 30.3 Å². The third-order valence-electron chi connectivity index (χ3n) is 4.04. The average Bonchev–Trinajstić information content (AvgIpc) is 2.93. The quantitative estimate of drug-likeness (QED) is 0.576. The van der Waals surface area contributed by atoms with Crippen LogP contribution in [0.1, 0.15) is 5.76 Å². The largest absolute Gasteiger partial charge is 0.481 e. The first-order valence-electron chi connectivity index (χ1n) is 7.63. The lowest BCUT2D eigenvalue weighted by molar-refractivity contribution is -0.136. The number of benzene rings is 2. The maximum Gasteiger partial charge on any atom is 0.311 e. The van der Waals surface area contributed by atoms with Crippen molar-refractivity contribution in [1.82, 2.24) is 9.78 Å². The number of nitrogens with one attached hydrogen (secondary N) is 1. The van der Waals surface area contributed by atoms with E-state index in [-0.39, 0.29) is 33.4 Å². The van der Waals surface area contributed by atoms with Crippen molar-refractivity contribution in [3.8, 4) is 17.0 Å². The van der Waals surface area contributed by atoms with Crippen LogP contribution in [0.3, 0.4) is 0 Å². The smallest absolute Gasteiger partial charge is 0.311 e. The molecule has 0 atom stereocenters. The Balaban J connectivity index is 2.13. The molecule has 2 aromatic rings. The highest BCUT2D eigenvalue weighted by atomic mass is 35.5. The molecule has 26 heavy (non-hydrogen) atoms. The fourth-order valence-corrected chi connectivity index (χ4v) is 3.06. The van der Waals surface area contributed by atoms with Crippen LogP contribution in [0.2, 0.25) is 5.02 Å². The molecule has 7 nitrogen and oxygen atoms in total. The molecule has 0 unspecified atom stereocenters. The van der Waals surface area contributed by atoms with E-state index in [1.165, 1.54) is 16.8 Å². The number of aromatic amines is 1. The number of carbonyl (C=O) groups is 1. The molecule has 0 amide bonds. The SMILES string of the molecule is O=C(O)Cc1oc2cccc(=O)c-2c2[nH]n(-c3ccc(Cl)cc3)c(=O)c12. The Bertz CT molecular complexity index is 1230. The minimum absolute atomic E-state index is 0.0143. The molecule has 1 aromatic carbocycles. The van der Waals surface area contributed by atoms with Gasteiger partial charge in [-0.25, -0.2) is 4.68 Å². The van der Waals surface area contributed by atoms with E-state index in [0.29, 0.717) is 10.7 Å². The van der Waals surface area contributed by atoms with Gasteiger partial charge in [0, 0.05) is 5.02 Å². The van der Waals surface area contributed by atoms with Crippen LogP contribution in [-0.4, -0.2) is 20.9 Å². The van der Waals surface area contributed by atoms with Crippen molar-refractivity contribution in [1.29, 1.82) is 0 Å². The lowest BCUT2D eigenvalue weighted by Gasteiger charge is -2.07. The summed E-state index contributed by atoms with van der Waals surface area (Å²) in [5.74, 6) is -0.948. The Kier molecular flexibility index (Phi) is 3.66. The monoisotopic (exact) mass is 370 g/mol. The first-order chi connectivity index (χ1) is 12.5. The zero-order valence-corrected chi connectivity index (χ0v) is 13.9. The minimum atomic E-state index is -1.15. The van der Waals surface area contributed by atoms with Crippen LogP contribution in [-0.2, 0) is 11.2 Å². The summed E-state index contributed by atoms with van der Waals surface area (Å²) < 4.78 is 6.81.